The van der Waals surface area contributed by atoms with Gasteiger partial charge in [-0.3, -0.25) is 0 Å². The lowest BCUT2D eigenvalue weighted by Crippen LogP contribution is -2.42. The van der Waals surface area contributed by atoms with E-state index in [1.807, 2.05) is 0 Å². The van der Waals surface area contributed by atoms with E-state index >= 15 is 0 Å². The van der Waals surface area contributed by atoms with Crippen LogP contribution in [-0.2, 0) is 0 Å². The van der Waals surface area contributed by atoms with Gasteiger partial charge in [-0.2, -0.15) is 0 Å². The molecule has 0 amide bonds. The maximum absolute atomic E-state index is 3.73. The van der Waals surface area contributed by atoms with Crippen LogP contribution in [0, 0.1) is 23.7 Å². The average molecular weight is 239 g/mol. The SMILES string of the molecule is CCNC(C(C)C)C1CCCC(CC(C)C)C1. The first-order valence-corrected chi connectivity index (χ1v) is 7.77. The molecule has 1 heteroatoms. The molecular weight excluding hydrogens is 206 g/mol. The second-order valence-electron chi connectivity index (χ2n) is 6.75. The van der Waals surface area contributed by atoms with E-state index in [0.717, 1.165) is 36.3 Å². The highest BCUT2D eigenvalue weighted by Gasteiger charge is 2.29. The molecule has 0 aliphatic heterocycles. The molecule has 102 valence electrons. The minimum absolute atomic E-state index is 0.745. The van der Waals surface area contributed by atoms with E-state index < -0.39 is 0 Å². The minimum Gasteiger partial charge on any atom is -0.314 e. The van der Waals surface area contributed by atoms with E-state index in [2.05, 4.69) is 39.9 Å². The largest absolute Gasteiger partial charge is 0.314 e. The predicted octanol–water partition coefficient (Wildman–Crippen LogP) is 4.47. The third kappa shape index (κ3) is 4.99. The molecule has 3 unspecified atom stereocenters. The Morgan fingerprint density at radius 1 is 1.12 bits per heavy atom. The Bertz CT molecular complexity index is 198. The Morgan fingerprint density at radius 2 is 1.82 bits per heavy atom. The number of rotatable bonds is 6. The summed E-state index contributed by atoms with van der Waals surface area (Å²) in [7, 11) is 0. The molecule has 1 saturated carbocycles. The van der Waals surface area contributed by atoms with Crippen molar-refractivity contribution < 1.29 is 0 Å². The van der Waals surface area contributed by atoms with Crippen LogP contribution in [0.5, 0.6) is 0 Å². The van der Waals surface area contributed by atoms with Gasteiger partial charge in [0, 0.05) is 6.04 Å². The van der Waals surface area contributed by atoms with E-state index in [1.165, 1.54) is 32.1 Å². The van der Waals surface area contributed by atoms with Crippen molar-refractivity contribution in [3.05, 3.63) is 0 Å². The van der Waals surface area contributed by atoms with Gasteiger partial charge in [-0.05, 0) is 49.5 Å². The van der Waals surface area contributed by atoms with Gasteiger partial charge in [0.05, 0.1) is 0 Å². The quantitative estimate of drug-likeness (QED) is 0.721. The lowest BCUT2D eigenvalue weighted by atomic mass is 9.73. The molecule has 1 N–H and O–H groups in total. The average Bonchev–Trinajstić information content (AvgIpc) is 2.24. The fraction of sp³-hybridized carbons (Fsp3) is 1.00. The van der Waals surface area contributed by atoms with E-state index in [9.17, 15) is 0 Å². The number of nitrogens with one attached hydrogen (secondary N) is 1. The molecule has 0 saturated heterocycles. The van der Waals surface area contributed by atoms with Gasteiger partial charge in [0.1, 0.15) is 0 Å². The molecule has 1 rings (SSSR count). The zero-order valence-electron chi connectivity index (χ0n) is 12.6. The normalized spacial score (nSPS) is 27.7. The Morgan fingerprint density at radius 3 is 2.35 bits per heavy atom. The summed E-state index contributed by atoms with van der Waals surface area (Å²) in [6, 6.07) is 0.745. The highest BCUT2D eigenvalue weighted by atomic mass is 14.9. The van der Waals surface area contributed by atoms with Crippen LogP contribution in [0.15, 0.2) is 0 Å². The monoisotopic (exact) mass is 239 g/mol. The van der Waals surface area contributed by atoms with E-state index in [0.29, 0.717) is 0 Å². The topological polar surface area (TPSA) is 12.0 Å². The Hall–Kier alpha value is -0.0400. The van der Waals surface area contributed by atoms with Gasteiger partial charge in [-0.1, -0.05) is 47.5 Å². The molecule has 17 heavy (non-hydrogen) atoms. The van der Waals surface area contributed by atoms with Gasteiger partial charge in [0.15, 0.2) is 0 Å². The van der Waals surface area contributed by atoms with Crippen molar-refractivity contribution in [1.82, 2.24) is 5.32 Å². The summed E-state index contributed by atoms with van der Waals surface area (Å²) in [6.07, 6.45) is 7.29. The maximum Gasteiger partial charge on any atom is 0.0118 e. The fourth-order valence-corrected chi connectivity index (χ4v) is 3.72. The van der Waals surface area contributed by atoms with Crippen molar-refractivity contribution >= 4 is 0 Å². The summed E-state index contributed by atoms with van der Waals surface area (Å²) in [5.74, 6) is 3.56. The molecule has 0 aromatic rings. The summed E-state index contributed by atoms with van der Waals surface area (Å²) >= 11 is 0. The van der Waals surface area contributed by atoms with Gasteiger partial charge >= 0.3 is 0 Å². The number of hydrogen-bond acceptors (Lipinski definition) is 1. The summed E-state index contributed by atoms with van der Waals surface area (Å²) in [5, 5.41) is 3.73. The zero-order valence-corrected chi connectivity index (χ0v) is 12.6. The van der Waals surface area contributed by atoms with Crippen molar-refractivity contribution in [2.24, 2.45) is 23.7 Å². The lowest BCUT2D eigenvalue weighted by Gasteiger charge is -2.37. The molecule has 1 fully saturated rings. The van der Waals surface area contributed by atoms with E-state index in [4.69, 9.17) is 0 Å². The Kier molecular flexibility index (Phi) is 6.54. The molecule has 0 bridgehead atoms. The minimum atomic E-state index is 0.745. The molecule has 0 radical (unpaired) electrons. The maximum atomic E-state index is 3.73. The van der Waals surface area contributed by atoms with E-state index in [-0.39, 0.29) is 0 Å². The third-order valence-electron chi connectivity index (χ3n) is 4.29. The molecular formula is C16H33N. The predicted molar refractivity (Wildman–Crippen MR) is 77.2 cm³/mol. The van der Waals surface area contributed by atoms with Crippen LogP contribution in [-0.4, -0.2) is 12.6 Å². The summed E-state index contributed by atoms with van der Waals surface area (Å²) < 4.78 is 0. The summed E-state index contributed by atoms with van der Waals surface area (Å²) in [4.78, 5) is 0. The Labute approximate surface area is 109 Å². The third-order valence-corrected chi connectivity index (χ3v) is 4.29. The first-order valence-electron chi connectivity index (χ1n) is 7.77. The smallest absolute Gasteiger partial charge is 0.0118 e. The zero-order chi connectivity index (χ0) is 12.8. The van der Waals surface area contributed by atoms with Crippen LogP contribution >= 0.6 is 0 Å². The molecule has 0 spiro atoms. The highest BCUT2D eigenvalue weighted by molar-refractivity contribution is 4.84. The fourth-order valence-electron chi connectivity index (χ4n) is 3.72. The van der Waals surface area contributed by atoms with Crippen molar-refractivity contribution in [1.29, 1.82) is 0 Å². The van der Waals surface area contributed by atoms with Crippen molar-refractivity contribution in [3.63, 3.8) is 0 Å². The molecule has 1 aliphatic carbocycles. The van der Waals surface area contributed by atoms with E-state index in [1.54, 1.807) is 0 Å². The lowest BCUT2D eigenvalue weighted by molar-refractivity contribution is 0.169. The van der Waals surface area contributed by atoms with Crippen molar-refractivity contribution in [3.8, 4) is 0 Å². The molecule has 0 heterocycles. The molecule has 3 atom stereocenters. The summed E-state index contributed by atoms with van der Waals surface area (Å²) in [6.45, 7) is 12.8. The van der Waals surface area contributed by atoms with Gasteiger partial charge in [-0.25, -0.2) is 0 Å². The molecule has 0 aromatic carbocycles. The van der Waals surface area contributed by atoms with Gasteiger partial charge < -0.3 is 5.32 Å². The first-order chi connectivity index (χ1) is 8.04. The van der Waals surface area contributed by atoms with Crippen LogP contribution in [0.2, 0.25) is 0 Å². The first kappa shape index (κ1) is 15.0. The molecule has 1 aliphatic rings. The second kappa shape index (κ2) is 7.41. The van der Waals surface area contributed by atoms with Crippen LogP contribution < -0.4 is 5.32 Å². The highest BCUT2D eigenvalue weighted by Crippen LogP contribution is 2.36. The standard InChI is InChI=1S/C16H33N/c1-6-17-16(13(4)5)15-9-7-8-14(11-15)10-12(2)3/h12-17H,6-11H2,1-5H3. The van der Waals surface area contributed by atoms with Gasteiger partial charge in [0.2, 0.25) is 0 Å². The molecule has 1 nitrogen and oxygen atoms in total. The van der Waals surface area contributed by atoms with Gasteiger partial charge in [0.25, 0.3) is 0 Å². The van der Waals surface area contributed by atoms with Gasteiger partial charge in [-0.15, -0.1) is 0 Å². The Balaban J connectivity index is 2.51. The van der Waals surface area contributed by atoms with Crippen LogP contribution in [0.1, 0.15) is 66.7 Å². The summed E-state index contributed by atoms with van der Waals surface area (Å²) in [5.41, 5.74) is 0. The second-order valence-corrected chi connectivity index (χ2v) is 6.75. The van der Waals surface area contributed by atoms with Crippen molar-refractivity contribution in [2.75, 3.05) is 6.54 Å². The van der Waals surface area contributed by atoms with Crippen LogP contribution in [0.4, 0.5) is 0 Å². The van der Waals surface area contributed by atoms with Crippen LogP contribution in [0.25, 0.3) is 0 Å². The van der Waals surface area contributed by atoms with Crippen molar-refractivity contribution in [2.45, 2.75) is 72.8 Å². The molecule has 0 aromatic heterocycles. The van der Waals surface area contributed by atoms with Crippen LogP contribution in [0.3, 0.4) is 0 Å². The number of hydrogen-bond donors (Lipinski definition) is 1.